The number of methoxy groups -OCH3 is 1. The lowest BCUT2D eigenvalue weighted by atomic mass is 10.0. The summed E-state index contributed by atoms with van der Waals surface area (Å²) in [7, 11) is 1.56. The van der Waals surface area contributed by atoms with Gasteiger partial charge >= 0.3 is 0 Å². The van der Waals surface area contributed by atoms with Gasteiger partial charge in [0.2, 0.25) is 0 Å². The fourth-order valence-corrected chi connectivity index (χ4v) is 1.57. The molecule has 3 heteroatoms. The van der Waals surface area contributed by atoms with Gasteiger partial charge in [-0.15, -0.1) is 0 Å². The number of benzene rings is 1. The van der Waals surface area contributed by atoms with E-state index in [4.69, 9.17) is 10.5 Å². The average molecular weight is 195 g/mol. The highest BCUT2D eigenvalue weighted by Gasteiger charge is 2.40. The van der Waals surface area contributed by atoms with E-state index in [-0.39, 0.29) is 11.4 Å². The first kappa shape index (κ1) is 9.62. The van der Waals surface area contributed by atoms with Crippen molar-refractivity contribution in [3.8, 4) is 0 Å². The first-order chi connectivity index (χ1) is 6.65. The fourth-order valence-electron chi connectivity index (χ4n) is 1.57. The quantitative estimate of drug-likeness (QED) is 0.799. The maximum absolute atomic E-state index is 13.2. The Morgan fingerprint density at radius 3 is 2.79 bits per heavy atom. The van der Waals surface area contributed by atoms with Crippen LogP contribution in [0.1, 0.15) is 24.0 Å². The Morgan fingerprint density at radius 1 is 1.50 bits per heavy atom. The Kier molecular flexibility index (Phi) is 2.29. The molecule has 1 aromatic carbocycles. The van der Waals surface area contributed by atoms with Crippen molar-refractivity contribution in [3.05, 3.63) is 35.1 Å². The largest absolute Gasteiger partial charge is 0.380 e. The molecule has 0 saturated heterocycles. The van der Waals surface area contributed by atoms with Gasteiger partial charge in [0.25, 0.3) is 0 Å². The highest BCUT2D eigenvalue weighted by molar-refractivity contribution is 5.33. The summed E-state index contributed by atoms with van der Waals surface area (Å²) < 4.78 is 18.2. The summed E-state index contributed by atoms with van der Waals surface area (Å²) in [6.07, 6.45) is 1.98. The zero-order valence-electron chi connectivity index (χ0n) is 8.22. The van der Waals surface area contributed by atoms with Crippen LogP contribution in [0.3, 0.4) is 0 Å². The Morgan fingerprint density at radius 2 is 2.21 bits per heavy atom. The van der Waals surface area contributed by atoms with E-state index in [1.54, 1.807) is 13.2 Å². The molecule has 0 atom stereocenters. The van der Waals surface area contributed by atoms with E-state index in [9.17, 15) is 4.39 Å². The highest BCUT2D eigenvalue weighted by Crippen LogP contribution is 2.42. The predicted octanol–water partition coefficient (Wildman–Crippen LogP) is 1.92. The first-order valence-electron chi connectivity index (χ1n) is 4.72. The third-order valence-corrected chi connectivity index (χ3v) is 2.71. The number of hydrogen-bond donors (Lipinski definition) is 1. The molecule has 0 heterocycles. The van der Waals surface area contributed by atoms with Gasteiger partial charge in [-0.2, -0.15) is 0 Å². The van der Waals surface area contributed by atoms with Gasteiger partial charge < -0.3 is 10.5 Å². The minimum Gasteiger partial charge on any atom is -0.380 e. The third-order valence-electron chi connectivity index (χ3n) is 2.71. The van der Waals surface area contributed by atoms with Crippen molar-refractivity contribution in [2.75, 3.05) is 7.11 Å². The Balaban J connectivity index is 2.31. The lowest BCUT2D eigenvalue weighted by Gasteiger charge is -2.11. The number of hydrogen-bond acceptors (Lipinski definition) is 2. The van der Waals surface area contributed by atoms with Crippen LogP contribution >= 0.6 is 0 Å². The molecule has 1 aliphatic carbocycles. The molecule has 1 fully saturated rings. The van der Waals surface area contributed by atoms with Gasteiger partial charge in [-0.05, 0) is 30.5 Å². The topological polar surface area (TPSA) is 35.2 Å². The highest BCUT2D eigenvalue weighted by atomic mass is 19.1. The molecule has 0 aliphatic heterocycles. The zero-order valence-corrected chi connectivity index (χ0v) is 8.22. The molecule has 2 nitrogen and oxygen atoms in total. The monoisotopic (exact) mass is 195 g/mol. The maximum atomic E-state index is 13.2. The molecule has 0 spiro atoms. The van der Waals surface area contributed by atoms with Gasteiger partial charge in [0.15, 0.2) is 0 Å². The standard InChI is InChI=1S/C11H14FNO/c1-14-7-8-6-9(2-3-10(8)12)11(13)4-5-11/h2-3,6H,4-5,7,13H2,1H3. The molecular formula is C11H14FNO. The van der Waals surface area contributed by atoms with Crippen LogP contribution in [0.4, 0.5) is 4.39 Å². The van der Waals surface area contributed by atoms with Crippen molar-refractivity contribution in [2.24, 2.45) is 5.73 Å². The van der Waals surface area contributed by atoms with Crippen LogP contribution in [-0.4, -0.2) is 7.11 Å². The molecule has 1 aromatic rings. The minimum absolute atomic E-state index is 0.198. The molecule has 0 radical (unpaired) electrons. The SMILES string of the molecule is COCc1cc(C2(N)CC2)ccc1F. The second-order valence-electron chi connectivity index (χ2n) is 3.90. The van der Waals surface area contributed by atoms with Gasteiger partial charge in [0, 0.05) is 18.2 Å². The molecule has 14 heavy (non-hydrogen) atoms. The third kappa shape index (κ3) is 1.65. The van der Waals surface area contributed by atoms with Gasteiger partial charge in [-0.1, -0.05) is 6.07 Å². The van der Waals surface area contributed by atoms with Crippen molar-refractivity contribution in [1.82, 2.24) is 0 Å². The van der Waals surface area contributed by atoms with Crippen LogP contribution in [0.15, 0.2) is 18.2 Å². The minimum atomic E-state index is -0.222. The van der Waals surface area contributed by atoms with E-state index < -0.39 is 0 Å². The van der Waals surface area contributed by atoms with E-state index in [1.807, 2.05) is 6.07 Å². The second-order valence-corrected chi connectivity index (χ2v) is 3.90. The fraction of sp³-hybridized carbons (Fsp3) is 0.455. The Labute approximate surface area is 82.9 Å². The van der Waals surface area contributed by atoms with Crippen molar-refractivity contribution in [2.45, 2.75) is 25.0 Å². The molecule has 1 saturated carbocycles. The van der Waals surface area contributed by atoms with Gasteiger partial charge in [-0.25, -0.2) is 4.39 Å². The van der Waals surface area contributed by atoms with Crippen molar-refractivity contribution in [3.63, 3.8) is 0 Å². The number of nitrogens with two attached hydrogens (primary N) is 1. The van der Waals surface area contributed by atoms with Gasteiger partial charge in [0.1, 0.15) is 5.82 Å². The van der Waals surface area contributed by atoms with E-state index >= 15 is 0 Å². The van der Waals surface area contributed by atoms with Crippen molar-refractivity contribution < 1.29 is 9.13 Å². The molecule has 0 unspecified atom stereocenters. The smallest absolute Gasteiger partial charge is 0.128 e. The van der Waals surface area contributed by atoms with Crippen LogP contribution < -0.4 is 5.73 Å². The van der Waals surface area contributed by atoms with Crippen LogP contribution in [0.5, 0.6) is 0 Å². The molecule has 2 N–H and O–H groups in total. The molecule has 0 bridgehead atoms. The molecule has 0 aromatic heterocycles. The lowest BCUT2D eigenvalue weighted by Crippen LogP contribution is -2.19. The summed E-state index contributed by atoms with van der Waals surface area (Å²) in [5.41, 5.74) is 7.43. The van der Waals surface area contributed by atoms with Crippen LogP contribution in [0.2, 0.25) is 0 Å². The Hall–Kier alpha value is -0.930. The summed E-state index contributed by atoms with van der Waals surface area (Å²) in [5, 5.41) is 0. The van der Waals surface area contributed by atoms with Crippen LogP contribution in [0, 0.1) is 5.82 Å². The molecule has 2 rings (SSSR count). The summed E-state index contributed by atoms with van der Waals surface area (Å²) >= 11 is 0. The molecule has 76 valence electrons. The average Bonchev–Trinajstić information content (AvgIpc) is 2.89. The van der Waals surface area contributed by atoms with Crippen LogP contribution in [0.25, 0.3) is 0 Å². The lowest BCUT2D eigenvalue weighted by molar-refractivity contribution is 0.181. The van der Waals surface area contributed by atoms with E-state index in [0.717, 1.165) is 18.4 Å². The summed E-state index contributed by atoms with van der Waals surface area (Å²) in [5.74, 6) is -0.222. The number of ether oxygens (including phenoxy) is 1. The molecule has 0 amide bonds. The second kappa shape index (κ2) is 3.33. The number of rotatable bonds is 3. The summed E-state index contributed by atoms with van der Waals surface area (Å²) in [4.78, 5) is 0. The van der Waals surface area contributed by atoms with Crippen LogP contribution in [-0.2, 0) is 16.9 Å². The Bertz CT molecular complexity index is 347. The van der Waals surface area contributed by atoms with Gasteiger partial charge in [-0.3, -0.25) is 0 Å². The summed E-state index contributed by atoms with van der Waals surface area (Å²) in [6.45, 7) is 0.301. The number of halogens is 1. The maximum Gasteiger partial charge on any atom is 0.128 e. The predicted molar refractivity (Wildman–Crippen MR) is 52.2 cm³/mol. The first-order valence-corrected chi connectivity index (χ1v) is 4.72. The van der Waals surface area contributed by atoms with Crippen molar-refractivity contribution >= 4 is 0 Å². The van der Waals surface area contributed by atoms with E-state index in [2.05, 4.69) is 0 Å². The van der Waals surface area contributed by atoms with Gasteiger partial charge in [0.05, 0.1) is 6.61 Å². The van der Waals surface area contributed by atoms with E-state index in [1.165, 1.54) is 6.07 Å². The molecular weight excluding hydrogens is 181 g/mol. The van der Waals surface area contributed by atoms with Crippen molar-refractivity contribution in [1.29, 1.82) is 0 Å². The zero-order chi connectivity index (χ0) is 10.2. The normalized spacial score (nSPS) is 18.2. The van der Waals surface area contributed by atoms with E-state index in [0.29, 0.717) is 12.2 Å². The summed E-state index contributed by atoms with van der Waals surface area (Å²) in [6, 6.07) is 5.05. The molecule has 1 aliphatic rings.